The van der Waals surface area contributed by atoms with Gasteiger partial charge in [0.25, 0.3) is 0 Å². The van der Waals surface area contributed by atoms with Gasteiger partial charge in [0.1, 0.15) is 0 Å². The summed E-state index contributed by atoms with van der Waals surface area (Å²) in [5.74, 6) is -0.498. The third-order valence-electron chi connectivity index (χ3n) is 2.31. The SMILES string of the molecule is Cc1nn(CCC(N)C(N)=O)c(C)c1Cl. The minimum absolute atomic E-state index is 0.466. The van der Waals surface area contributed by atoms with Crippen molar-refractivity contribution in [1.29, 1.82) is 0 Å². The van der Waals surface area contributed by atoms with Crippen molar-refractivity contribution in [2.24, 2.45) is 11.5 Å². The Labute approximate surface area is 93.4 Å². The van der Waals surface area contributed by atoms with Gasteiger partial charge in [-0.25, -0.2) is 0 Å². The molecule has 1 atom stereocenters. The lowest BCUT2D eigenvalue weighted by molar-refractivity contribution is -0.119. The maximum absolute atomic E-state index is 10.7. The van der Waals surface area contributed by atoms with Crippen molar-refractivity contribution in [1.82, 2.24) is 9.78 Å². The van der Waals surface area contributed by atoms with E-state index in [-0.39, 0.29) is 0 Å². The number of nitrogens with two attached hydrogens (primary N) is 2. The molecular formula is C9H15ClN4O. The molecule has 4 N–H and O–H groups in total. The fraction of sp³-hybridized carbons (Fsp3) is 0.556. The second-order valence-electron chi connectivity index (χ2n) is 3.51. The molecule has 0 fully saturated rings. The second-order valence-corrected chi connectivity index (χ2v) is 3.88. The Bertz CT molecular complexity index is 374. The van der Waals surface area contributed by atoms with Gasteiger partial charge in [0.2, 0.25) is 5.91 Å². The van der Waals surface area contributed by atoms with Crippen LogP contribution in [0.3, 0.4) is 0 Å². The molecule has 0 aliphatic rings. The summed E-state index contributed by atoms with van der Waals surface area (Å²) in [6.07, 6.45) is 0.466. The molecule has 0 saturated carbocycles. The van der Waals surface area contributed by atoms with Crippen molar-refractivity contribution in [3.8, 4) is 0 Å². The van der Waals surface area contributed by atoms with Gasteiger partial charge in [-0.3, -0.25) is 9.48 Å². The molecule has 1 aromatic rings. The second kappa shape index (κ2) is 4.63. The van der Waals surface area contributed by atoms with Gasteiger partial charge in [0.15, 0.2) is 0 Å². The zero-order valence-corrected chi connectivity index (χ0v) is 9.58. The Morgan fingerprint density at radius 1 is 1.60 bits per heavy atom. The predicted molar refractivity (Wildman–Crippen MR) is 58.5 cm³/mol. The minimum atomic E-state index is -0.632. The third kappa shape index (κ3) is 2.70. The van der Waals surface area contributed by atoms with Gasteiger partial charge < -0.3 is 11.5 Å². The molecule has 6 heteroatoms. The van der Waals surface area contributed by atoms with Crippen LogP contribution in [0.5, 0.6) is 0 Å². The van der Waals surface area contributed by atoms with E-state index in [0.29, 0.717) is 18.0 Å². The molecule has 0 aliphatic carbocycles. The summed E-state index contributed by atoms with van der Waals surface area (Å²) in [6, 6.07) is -0.632. The van der Waals surface area contributed by atoms with Gasteiger partial charge in [-0.2, -0.15) is 5.10 Å². The summed E-state index contributed by atoms with van der Waals surface area (Å²) < 4.78 is 1.74. The molecule has 5 nitrogen and oxygen atoms in total. The highest BCUT2D eigenvalue weighted by atomic mass is 35.5. The summed E-state index contributed by atoms with van der Waals surface area (Å²) in [4.78, 5) is 10.7. The molecule has 1 unspecified atom stereocenters. The fourth-order valence-electron chi connectivity index (χ4n) is 1.30. The number of carbonyl (C=O) groups is 1. The molecule has 0 bridgehead atoms. The average Bonchev–Trinajstić information content (AvgIpc) is 2.42. The van der Waals surface area contributed by atoms with Crippen LogP contribution in [0, 0.1) is 13.8 Å². The smallest absolute Gasteiger partial charge is 0.234 e. The van der Waals surface area contributed by atoms with Crippen LogP contribution in [-0.4, -0.2) is 21.7 Å². The fourth-order valence-corrected chi connectivity index (χ4v) is 1.43. The molecule has 0 spiro atoms. The monoisotopic (exact) mass is 230 g/mol. The molecule has 0 aromatic carbocycles. The molecule has 1 rings (SSSR count). The molecule has 1 amide bonds. The highest BCUT2D eigenvalue weighted by Gasteiger charge is 2.12. The van der Waals surface area contributed by atoms with Gasteiger partial charge in [-0.15, -0.1) is 0 Å². The van der Waals surface area contributed by atoms with Gasteiger partial charge in [0.05, 0.1) is 22.5 Å². The van der Waals surface area contributed by atoms with E-state index in [0.717, 1.165) is 11.4 Å². The lowest BCUT2D eigenvalue weighted by Crippen LogP contribution is -2.37. The van der Waals surface area contributed by atoms with Crippen LogP contribution in [0.25, 0.3) is 0 Å². The first-order chi connectivity index (χ1) is 6.93. The Morgan fingerprint density at radius 2 is 2.20 bits per heavy atom. The highest BCUT2D eigenvalue weighted by molar-refractivity contribution is 6.31. The summed E-state index contributed by atoms with van der Waals surface area (Å²) in [5, 5.41) is 4.87. The van der Waals surface area contributed by atoms with Crippen molar-refractivity contribution in [2.45, 2.75) is 32.9 Å². The van der Waals surface area contributed by atoms with Gasteiger partial charge in [-0.1, -0.05) is 11.6 Å². The largest absolute Gasteiger partial charge is 0.368 e. The topological polar surface area (TPSA) is 86.9 Å². The van der Waals surface area contributed by atoms with E-state index in [4.69, 9.17) is 23.1 Å². The summed E-state index contributed by atoms with van der Waals surface area (Å²) >= 11 is 5.97. The molecule has 84 valence electrons. The van der Waals surface area contributed by atoms with Crippen molar-refractivity contribution in [3.63, 3.8) is 0 Å². The van der Waals surface area contributed by atoms with Crippen molar-refractivity contribution in [3.05, 3.63) is 16.4 Å². The van der Waals surface area contributed by atoms with E-state index in [2.05, 4.69) is 5.10 Å². The van der Waals surface area contributed by atoms with Crippen LogP contribution in [-0.2, 0) is 11.3 Å². The van der Waals surface area contributed by atoms with E-state index >= 15 is 0 Å². The van der Waals surface area contributed by atoms with Crippen LogP contribution in [0.15, 0.2) is 0 Å². The van der Waals surface area contributed by atoms with Crippen LogP contribution in [0.4, 0.5) is 0 Å². The first-order valence-corrected chi connectivity index (χ1v) is 5.05. The number of halogens is 1. The quantitative estimate of drug-likeness (QED) is 0.783. The standard InChI is InChI=1S/C9H15ClN4O/c1-5-8(10)6(2)14(13-5)4-3-7(11)9(12)15/h7H,3-4,11H2,1-2H3,(H2,12,15). The van der Waals surface area contributed by atoms with Crippen LogP contribution < -0.4 is 11.5 Å². The molecule has 0 radical (unpaired) electrons. The third-order valence-corrected chi connectivity index (χ3v) is 2.86. The van der Waals surface area contributed by atoms with Crippen LogP contribution >= 0.6 is 11.6 Å². The van der Waals surface area contributed by atoms with E-state index in [1.807, 2.05) is 13.8 Å². The van der Waals surface area contributed by atoms with Gasteiger partial charge >= 0.3 is 0 Å². The molecule has 0 aliphatic heterocycles. The number of hydrogen-bond acceptors (Lipinski definition) is 3. The van der Waals surface area contributed by atoms with Crippen molar-refractivity contribution in [2.75, 3.05) is 0 Å². The number of amides is 1. The Balaban J connectivity index is 2.66. The molecule has 1 aromatic heterocycles. The molecule has 1 heterocycles. The normalized spacial score (nSPS) is 12.8. The number of carbonyl (C=O) groups excluding carboxylic acids is 1. The Hall–Kier alpha value is -1.07. The minimum Gasteiger partial charge on any atom is -0.368 e. The van der Waals surface area contributed by atoms with Crippen LogP contribution in [0.2, 0.25) is 5.02 Å². The van der Waals surface area contributed by atoms with Crippen molar-refractivity contribution < 1.29 is 4.79 Å². The van der Waals surface area contributed by atoms with Crippen molar-refractivity contribution >= 4 is 17.5 Å². The first-order valence-electron chi connectivity index (χ1n) is 4.68. The number of hydrogen-bond donors (Lipinski definition) is 2. The first kappa shape index (κ1) is 12.0. The van der Waals surface area contributed by atoms with E-state index in [1.165, 1.54) is 0 Å². The summed E-state index contributed by atoms with van der Waals surface area (Å²) in [7, 11) is 0. The lowest BCUT2D eigenvalue weighted by atomic mass is 10.2. The average molecular weight is 231 g/mol. The zero-order chi connectivity index (χ0) is 11.6. The highest BCUT2D eigenvalue weighted by Crippen LogP contribution is 2.18. The Kier molecular flexibility index (Phi) is 3.71. The van der Waals surface area contributed by atoms with E-state index < -0.39 is 11.9 Å². The number of nitrogens with zero attached hydrogens (tertiary/aromatic N) is 2. The number of aryl methyl sites for hydroxylation is 2. The van der Waals surface area contributed by atoms with Crippen LogP contribution in [0.1, 0.15) is 17.8 Å². The zero-order valence-electron chi connectivity index (χ0n) is 8.83. The van der Waals surface area contributed by atoms with Gasteiger partial charge in [-0.05, 0) is 20.3 Å². The number of rotatable bonds is 4. The maximum atomic E-state index is 10.7. The molecule has 0 saturated heterocycles. The number of aromatic nitrogens is 2. The molecule has 15 heavy (non-hydrogen) atoms. The summed E-state index contributed by atoms with van der Waals surface area (Å²) in [5.41, 5.74) is 12.2. The predicted octanol–water partition coefficient (Wildman–Crippen LogP) is 0.356. The maximum Gasteiger partial charge on any atom is 0.234 e. The van der Waals surface area contributed by atoms with Gasteiger partial charge in [0, 0.05) is 6.54 Å². The molecular weight excluding hydrogens is 216 g/mol. The lowest BCUT2D eigenvalue weighted by Gasteiger charge is -2.08. The number of primary amides is 1. The summed E-state index contributed by atoms with van der Waals surface area (Å²) in [6.45, 7) is 4.25. The van der Waals surface area contributed by atoms with E-state index in [9.17, 15) is 4.79 Å². The Morgan fingerprint density at radius 3 is 2.60 bits per heavy atom. The van der Waals surface area contributed by atoms with E-state index in [1.54, 1.807) is 4.68 Å².